The first-order chi connectivity index (χ1) is 15.8. The number of amides is 2. The molecule has 2 amide bonds. The standard InChI is InChI=1S/C24H26ClFN4O3/c1-4-13-29(15-21(31)27-19-7-5-6-8-20(19)33-3)24(32)22-16(2)28-30(23(22)25)14-17-9-11-18(26)12-10-17/h5-12H,4,13-15H2,1-3H3,(H,27,31). The van der Waals surface area contributed by atoms with Crippen LogP contribution in [0.15, 0.2) is 48.5 Å². The van der Waals surface area contributed by atoms with Gasteiger partial charge >= 0.3 is 0 Å². The van der Waals surface area contributed by atoms with Gasteiger partial charge in [0.05, 0.1) is 30.6 Å². The van der Waals surface area contributed by atoms with Crippen molar-refractivity contribution in [1.29, 1.82) is 0 Å². The van der Waals surface area contributed by atoms with E-state index in [4.69, 9.17) is 16.3 Å². The first-order valence-corrected chi connectivity index (χ1v) is 10.9. The third-order valence-electron chi connectivity index (χ3n) is 5.02. The number of ether oxygens (including phenoxy) is 1. The van der Waals surface area contributed by atoms with Gasteiger partial charge < -0.3 is 15.0 Å². The van der Waals surface area contributed by atoms with Crippen LogP contribution < -0.4 is 10.1 Å². The van der Waals surface area contributed by atoms with Crippen LogP contribution in [0.5, 0.6) is 5.75 Å². The number of carbonyl (C=O) groups is 2. The summed E-state index contributed by atoms with van der Waals surface area (Å²) in [4.78, 5) is 27.5. The molecule has 0 radical (unpaired) electrons. The molecule has 33 heavy (non-hydrogen) atoms. The van der Waals surface area contributed by atoms with Crippen LogP contribution in [0.25, 0.3) is 0 Å². The fourth-order valence-corrected chi connectivity index (χ4v) is 3.77. The number of hydrogen-bond donors (Lipinski definition) is 1. The van der Waals surface area contributed by atoms with Gasteiger partial charge in [0.1, 0.15) is 23.3 Å². The summed E-state index contributed by atoms with van der Waals surface area (Å²) in [5.41, 5.74) is 2.02. The number of para-hydroxylation sites is 2. The van der Waals surface area contributed by atoms with Crippen molar-refractivity contribution in [3.8, 4) is 5.75 Å². The zero-order valence-corrected chi connectivity index (χ0v) is 19.5. The second-order valence-electron chi connectivity index (χ2n) is 7.51. The first kappa shape index (κ1) is 24.3. The Morgan fingerprint density at radius 1 is 1.18 bits per heavy atom. The molecule has 0 fully saturated rings. The number of halogens is 2. The number of nitrogens with zero attached hydrogens (tertiary/aromatic N) is 3. The van der Waals surface area contributed by atoms with E-state index in [1.54, 1.807) is 43.3 Å². The Bertz CT molecular complexity index is 1130. The van der Waals surface area contributed by atoms with Crippen LogP contribution in [-0.4, -0.2) is 46.7 Å². The molecule has 9 heteroatoms. The predicted molar refractivity (Wildman–Crippen MR) is 125 cm³/mol. The fourth-order valence-electron chi connectivity index (χ4n) is 3.46. The highest BCUT2D eigenvalue weighted by atomic mass is 35.5. The third kappa shape index (κ3) is 5.90. The van der Waals surface area contributed by atoms with Gasteiger partial charge in [0.25, 0.3) is 5.91 Å². The van der Waals surface area contributed by atoms with Crippen LogP contribution in [0.3, 0.4) is 0 Å². The van der Waals surface area contributed by atoms with E-state index < -0.39 is 0 Å². The summed E-state index contributed by atoms with van der Waals surface area (Å²) in [5, 5.41) is 7.35. The summed E-state index contributed by atoms with van der Waals surface area (Å²) in [5.74, 6) is -0.534. The number of carbonyl (C=O) groups excluding carboxylic acids is 2. The molecule has 0 aliphatic carbocycles. The van der Waals surface area contributed by atoms with Crippen LogP contribution in [0.4, 0.5) is 10.1 Å². The molecule has 2 aromatic carbocycles. The highest BCUT2D eigenvalue weighted by Gasteiger charge is 2.26. The van der Waals surface area contributed by atoms with E-state index in [0.717, 1.165) is 5.56 Å². The van der Waals surface area contributed by atoms with Gasteiger partial charge in [0.15, 0.2) is 0 Å². The largest absolute Gasteiger partial charge is 0.495 e. The maximum atomic E-state index is 13.3. The molecule has 0 atom stereocenters. The van der Waals surface area contributed by atoms with Gasteiger partial charge in [-0.15, -0.1) is 0 Å². The Balaban J connectivity index is 1.78. The molecule has 1 N–H and O–H groups in total. The first-order valence-electron chi connectivity index (χ1n) is 10.5. The van der Waals surface area contributed by atoms with Crippen molar-refractivity contribution in [2.45, 2.75) is 26.8 Å². The number of hydrogen-bond acceptors (Lipinski definition) is 4. The van der Waals surface area contributed by atoms with E-state index in [9.17, 15) is 14.0 Å². The smallest absolute Gasteiger partial charge is 0.259 e. The van der Waals surface area contributed by atoms with Gasteiger partial charge in [0, 0.05) is 6.54 Å². The van der Waals surface area contributed by atoms with Crippen molar-refractivity contribution in [3.05, 3.63) is 76.3 Å². The van der Waals surface area contributed by atoms with E-state index in [1.165, 1.54) is 28.8 Å². The highest BCUT2D eigenvalue weighted by molar-refractivity contribution is 6.33. The third-order valence-corrected chi connectivity index (χ3v) is 5.41. The number of nitrogens with one attached hydrogen (secondary N) is 1. The van der Waals surface area contributed by atoms with E-state index >= 15 is 0 Å². The quantitative estimate of drug-likeness (QED) is 0.496. The lowest BCUT2D eigenvalue weighted by Gasteiger charge is -2.22. The van der Waals surface area contributed by atoms with Crippen molar-refractivity contribution in [3.63, 3.8) is 0 Å². The van der Waals surface area contributed by atoms with Crippen molar-refractivity contribution in [2.75, 3.05) is 25.5 Å². The molecule has 0 spiro atoms. The molecule has 3 rings (SSSR count). The molecule has 0 unspecified atom stereocenters. The van der Waals surface area contributed by atoms with Crippen LogP contribution in [0.1, 0.15) is 35.0 Å². The zero-order valence-electron chi connectivity index (χ0n) is 18.8. The van der Waals surface area contributed by atoms with Crippen LogP contribution in [0.2, 0.25) is 5.15 Å². The van der Waals surface area contributed by atoms with Gasteiger partial charge in [-0.1, -0.05) is 42.8 Å². The lowest BCUT2D eigenvalue weighted by Crippen LogP contribution is -2.38. The molecular weight excluding hydrogens is 447 g/mol. The Kier molecular flexibility index (Phi) is 8.06. The van der Waals surface area contributed by atoms with Crippen molar-refractivity contribution < 1.29 is 18.7 Å². The van der Waals surface area contributed by atoms with Gasteiger partial charge in [-0.05, 0) is 43.2 Å². The lowest BCUT2D eigenvalue weighted by atomic mass is 10.2. The Hall–Kier alpha value is -3.39. The van der Waals surface area contributed by atoms with Gasteiger partial charge in [-0.2, -0.15) is 5.10 Å². The molecule has 1 aromatic heterocycles. The van der Waals surface area contributed by atoms with Crippen molar-refractivity contribution >= 4 is 29.1 Å². The summed E-state index contributed by atoms with van der Waals surface area (Å²) >= 11 is 6.52. The second kappa shape index (κ2) is 11.0. The molecule has 3 aromatic rings. The van der Waals surface area contributed by atoms with Crippen molar-refractivity contribution in [1.82, 2.24) is 14.7 Å². The average molecular weight is 473 g/mol. The monoisotopic (exact) mass is 472 g/mol. The molecule has 0 saturated heterocycles. The summed E-state index contributed by atoms with van der Waals surface area (Å²) < 4.78 is 19.9. The molecule has 1 heterocycles. The summed E-state index contributed by atoms with van der Waals surface area (Å²) in [7, 11) is 1.52. The molecule has 0 bridgehead atoms. The summed E-state index contributed by atoms with van der Waals surface area (Å²) in [6.45, 7) is 4.13. The zero-order chi connectivity index (χ0) is 24.0. The Morgan fingerprint density at radius 2 is 1.88 bits per heavy atom. The molecule has 0 aliphatic rings. The fraction of sp³-hybridized carbons (Fsp3) is 0.292. The molecule has 0 saturated carbocycles. The van der Waals surface area contributed by atoms with Gasteiger partial charge in [0.2, 0.25) is 5.91 Å². The number of aryl methyl sites for hydroxylation is 1. The topological polar surface area (TPSA) is 76.5 Å². The molecule has 0 aliphatic heterocycles. The summed E-state index contributed by atoms with van der Waals surface area (Å²) in [6.07, 6.45) is 0.661. The van der Waals surface area contributed by atoms with E-state index in [2.05, 4.69) is 10.4 Å². The average Bonchev–Trinajstić information content (AvgIpc) is 3.07. The lowest BCUT2D eigenvalue weighted by molar-refractivity contribution is -0.116. The molecule has 174 valence electrons. The minimum absolute atomic E-state index is 0.149. The molecule has 7 nitrogen and oxygen atoms in total. The van der Waals surface area contributed by atoms with Crippen molar-refractivity contribution in [2.24, 2.45) is 0 Å². The maximum absolute atomic E-state index is 13.3. The minimum atomic E-state index is -0.375. The number of rotatable bonds is 9. The Labute approximate surface area is 197 Å². The second-order valence-corrected chi connectivity index (χ2v) is 7.87. The normalized spacial score (nSPS) is 10.7. The minimum Gasteiger partial charge on any atom is -0.495 e. The van der Waals surface area contributed by atoms with Crippen LogP contribution in [-0.2, 0) is 11.3 Å². The van der Waals surface area contributed by atoms with E-state index in [0.29, 0.717) is 30.1 Å². The number of methoxy groups -OCH3 is 1. The summed E-state index contributed by atoms with van der Waals surface area (Å²) in [6, 6.07) is 13.0. The number of anilines is 1. The molecular formula is C24H26ClFN4O3. The number of aromatic nitrogens is 2. The SMILES string of the molecule is CCCN(CC(=O)Nc1ccccc1OC)C(=O)c1c(C)nn(Cc2ccc(F)cc2)c1Cl. The van der Waals surface area contributed by atoms with E-state index in [-0.39, 0.29) is 41.4 Å². The van der Waals surface area contributed by atoms with Crippen LogP contribution in [0, 0.1) is 12.7 Å². The predicted octanol–water partition coefficient (Wildman–Crippen LogP) is 4.53. The number of benzene rings is 2. The van der Waals surface area contributed by atoms with Gasteiger partial charge in [-0.25, -0.2) is 9.07 Å². The Morgan fingerprint density at radius 3 is 2.55 bits per heavy atom. The van der Waals surface area contributed by atoms with Gasteiger partial charge in [-0.3, -0.25) is 9.59 Å². The highest BCUT2D eigenvalue weighted by Crippen LogP contribution is 2.25. The van der Waals surface area contributed by atoms with Crippen LogP contribution >= 0.6 is 11.6 Å². The van der Waals surface area contributed by atoms with E-state index in [1.807, 2.05) is 6.92 Å². The maximum Gasteiger partial charge on any atom is 0.259 e.